The van der Waals surface area contributed by atoms with Crippen molar-refractivity contribution in [3.63, 3.8) is 0 Å². The Balaban J connectivity index is 0.00000869. The van der Waals surface area contributed by atoms with Gasteiger partial charge in [0, 0.05) is 23.9 Å². The van der Waals surface area contributed by atoms with Gasteiger partial charge in [-0.2, -0.15) is 0 Å². The Hall–Kier alpha value is -2.88. The van der Waals surface area contributed by atoms with Gasteiger partial charge < -0.3 is 110 Å². The summed E-state index contributed by atoms with van der Waals surface area (Å²) in [6, 6.07) is 15.6. The van der Waals surface area contributed by atoms with Gasteiger partial charge in [0.15, 0.2) is 12.6 Å². The first-order chi connectivity index (χ1) is 34.4. The van der Waals surface area contributed by atoms with Gasteiger partial charge in [0.25, 0.3) is 0 Å². The molecule has 4 aliphatic heterocycles. The molecule has 0 aromatic heterocycles. The number of aliphatic imine (C=N–C) groups is 2. The van der Waals surface area contributed by atoms with Crippen LogP contribution in [0.3, 0.4) is 0 Å². The van der Waals surface area contributed by atoms with Crippen molar-refractivity contribution >= 4 is 47.3 Å². The molecule has 3 aromatic carbocycles. The summed E-state index contributed by atoms with van der Waals surface area (Å²) in [6.45, 7) is -2.36. The molecule has 4 fully saturated rings. The minimum atomic E-state index is -1.72. The van der Waals surface area contributed by atoms with Crippen LogP contribution in [-0.2, 0) is 59.4 Å². The maximum absolute atomic E-state index is 12.9. The number of hydrogen-bond acceptors (Lipinski definition) is 26. The van der Waals surface area contributed by atoms with Gasteiger partial charge in [-0.1, -0.05) is 36.4 Å². The standard InChI is InChI=1S/C46H60N2O22S2.Zn/c49-13-27-31(53)35(57)39(61)43(67-27)65-15-29-33(55)37(59)41(63)45(69-29)71-17-19-5-7-25(51)21(9-19)11-47-23-3-1-2-4-24(23)48-12-22-10-20(6-8-26(22)52)18-72-46-42(64)38(60)34(56)30(70-46)16-66-44-40(62)36(58)32(54)28(14-50)68-44;/h1-12,27-46,49-64H,13-18H2;/q;+2/p-2/t27-,28-,29-,30-,31-,32-,33-,34-,35+,36+,37+,38+,39-,40-,41-,42-,43-,44-,45+,46+;/m1./s1. The molecule has 0 spiro atoms. The molecule has 3 aromatic rings. The zero-order valence-electron chi connectivity index (χ0n) is 38.7. The molecule has 27 heteroatoms. The Morgan fingerprint density at radius 2 is 0.822 bits per heavy atom. The van der Waals surface area contributed by atoms with Crippen LogP contribution in [0.1, 0.15) is 22.3 Å². The molecule has 0 bridgehead atoms. The van der Waals surface area contributed by atoms with Crippen LogP contribution in [0.2, 0.25) is 0 Å². The van der Waals surface area contributed by atoms with Crippen LogP contribution in [0.5, 0.6) is 11.5 Å². The second kappa shape index (κ2) is 26.9. The van der Waals surface area contributed by atoms with Crippen LogP contribution in [0, 0.1) is 0 Å². The zero-order chi connectivity index (χ0) is 52.0. The first kappa shape index (κ1) is 59.4. The normalized spacial score (nSPS) is 37.1. The second-order valence-corrected chi connectivity index (χ2v) is 19.6. The van der Waals surface area contributed by atoms with Crippen LogP contribution in [0.4, 0.5) is 11.4 Å². The number of aliphatic hydroxyl groups is 14. The zero-order valence-corrected chi connectivity index (χ0v) is 43.3. The number of rotatable bonds is 18. The van der Waals surface area contributed by atoms with E-state index in [0.717, 1.165) is 23.5 Å². The van der Waals surface area contributed by atoms with E-state index in [1.807, 2.05) is 0 Å². The fourth-order valence-electron chi connectivity index (χ4n) is 8.07. The Bertz CT molecular complexity index is 2140. The summed E-state index contributed by atoms with van der Waals surface area (Å²) < 4.78 is 33.4. The van der Waals surface area contributed by atoms with E-state index in [2.05, 4.69) is 9.98 Å². The molecular formula is C46H58N2O22S2Zn. The number of para-hydroxylation sites is 2. The summed E-state index contributed by atoms with van der Waals surface area (Å²) in [5, 5.41) is 170. The molecule has 14 N–H and O–H groups in total. The molecular weight excluding hydrogens is 1060 g/mol. The summed E-state index contributed by atoms with van der Waals surface area (Å²) in [5.74, 6) is -0.451. The average molecular weight is 1120 g/mol. The average Bonchev–Trinajstić information content (AvgIpc) is 3.38. The SMILES string of the molecule is [O-]c1ccc(CS[C@@H]2O[C@H](CO[C@@H]3O[C@H](CO)[C@@H](O)[C@H](O)[C@H]3O)[C@@H](O)[C@H](O)[C@H]2O)cc1C=Nc1ccccc1N=Cc1cc(CS[C@@H]2O[C@H](CO[C@@H]3O[C@H](CO)[C@@H](O)[C@H](O)[C@H]3O)[C@@H](O)[C@H](O)[C@H]2O)ccc1[O-].[Zn+2]. The number of hydrogen-bond donors (Lipinski definition) is 14. The molecule has 4 heterocycles. The summed E-state index contributed by atoms with van der Waals surface area (Å²) >= 11 is 2.08. The van der Waals surface area contributed by atoms with E-state index < -0.39 is 148 Å². The van der Waals surface area contributed by atoms with Gasteiger partial charge in [-0.15, -0.1) is 35.0 Å². The van der Waals surface area contributed by atoms with Crippen LogP contribution in [0.25, 0.3) is 0 Å². The van der Waals surface area contributed by atoms with Crippen molar-refractivity contribution in [2.45, 2.75) is 133 Å². The minimum absolute atomic E-state index is 0. The molecule has 0 radical (unpaired) electrons. The topological polar surface area (TPSA) is 409 Å². The Kier molecular flexibility index (Phi) is 21.9. The van der Waals surface area contributed by atoms with Crippen LogP contribution in [0.15, 0.2) is 70.6 Å². The van der Waals surface area contributed by atoms with Crippen molar-refractivity contribution in [3.05, 3.63) is 82.9 Å². The summed E-state index contributed by atoms with van der Waals surface area (Å²) in [4.78, 5) is 8.99. The van der Waals surface area contributed by atoms with Crippen molar-refractivity contribution in [2.24, 2.45) is 9.98 Å². The van der Waals surface area contributed by atoms with Gasteiger partial charge in [0.1, 0.15) is 109 Å². The summed E-state index contributed by atoms with van der Waals surface area (Å²) in [5.41, 5.74) is 0.00658. The van der Waals surface area contributed by atoms with Crippen LogP contribution in [-0.4, -0.2) is 231 Å². The van der Waals surface area contributed by atoms with E-state index in [4.69, 9.17) is 28.4 Å². The quantitative estimate of drug-likeness (QED) is 0.0419. The molecule has 0 amide bonds. The number of aliphatic hydroxyl groups excluding tert-OH is 14. The number of benzene rings is 3. The van der Waals surface area contributed by atoms with Gasteiger partial charge in [-0.25, -0.2) is 0 Å². The first-order valence-electron chi connectivity index (χ1n) is 22.6. The van der Waals surface area contributed by atoms with E-state index in [-0.39, 0.29) is 53.6 Å². The van der Waals surface area contributed by atoms with Crippen molar-refractivity contribution in [3.8, 4) is 11.5 Å². The summed E-state index contributed by atoms with van der Waals surface area (Å²) in [7, 11) is 0. The Morgan fingerprint density at radius 3 is 1.19 bits per heavy atom. The fraction of sp³-hybridized carbons (Fsp3) is 0.565. The predicted octanol–water partition coefficient (Wildman–Crippen LogP) is -4.95. The monoisotopic (exact) mass is 1120 g/mol. The number of nitrogens with zero attached hydrogens (tertiary/aromatic N) is 2. The van der Waals surface area contributed by atoms with Crippen molar-refractivity contribution in [2.75, 3.05) is 26.4 Å². The van der Waals surface area contributed by atoms with Crippen LogP contribution < -0.4 is 10.2 Å². The maximum Gasteiger partial charge on any atom is 2.00 e. The van der Waals surface area contributed by atoms with Gasteiger partial charge in [0.2, 0.25) is 0 Å². The smallest absolute Gasteiger partial charge is 0.872 e. The van der Waals surface area contributed by atoms with Gasteiger partial charge in [-0.05, 0) is 46.5 Å². The molecule has 0 unspecified atom stereocenters. The number of ether oxygens (including phenoxy) is 6. The third kappa shape index (κ3) is 14.2. The minimum Gasteiger partial charge on any atom is -0.872 e. The third-order valence-corrected chi connectivity index (χ3v) is 14.9. The van der Waals surface area contributed by atoms with Gasteiger partial charge in [0.05, 0.1) is 37.8 Å². The molecule has 20 atom stereocenters. The molecule has 73 heavy (non-hydrogen) atoms. The van der Waals surface area contributed by atoms with E-state index in [9.17, 15) is 81.7 Å². The second-order valence-electron chi connectivity index (χ2n) is 17.5. The molecule has 0 saturated carbocycles. The van der Waals surface area contributed by atoms with E-state index >= 15 is 0 Å². The van der Waals surface area contributed by atoms with Crippen molar-refractivity contribution < 1.29 is 130 Å². The largest absolute Gasteiger partial charge is 2.00 e. The first-order valence-corrected chi connectivity index (χ1v) is 24.7. The van der Waals surface area contributed by atoms with Crippen LogP contribution >= 0.6 is 23.5 Å². The van der Waals surface area contributed by atoms with E-state index in [0.29, 0.717) is 22.5 Å². The van der Waals surface area contributed by atoms with E-state index in [1.165, 1.54) is 24.6 Å². The summed E-state index contributed by atoms with van der Waals surface area (Å²) in [6.07, 6.45) is -25.2. The molecule has 7 rings (SSSR count). The Labute approximate surface area is 438 Å². The Morgan fingerprint density at radius 1 is 0.466 bits per heavy atom. The number of thioether (sulfide) groups is 2. The van der Waals surface area contributed by atoms with Gasteiger partial charge in [-0.3, -0.25) is 9.98 Å². The molecule has 4 saturated heterocycles. The molecule has 0 aliphatic carbocycles. The van der Waals surface area contributed by atoms with Crippen molar-refractivity contribution in [1.29, 1.82) is 0 Å². The molecule has 398 valence electrons. The fourth-order valence-corrected chi connectivity index (χ4v) is 10.3. The van der Waals surface area contributed by atoms with E-state index in [1.54, 1.807) is 48.5 Å². The maximum atomic E-state index is 12.9. The molecule has 24 nitrogen and oxygen atoms in total. The third-order valence-electron chi connectivity index (χ3n) is 12.4. The van der Waals surface area contributed by atoms with Crippen molar-refractivity contribution in [1.82, 2.24) is 0 Å². The molecule has 4 aliphatic rings. The predicted molar refractivity (Wildman–Crippen MR) is 248 cm³/mol. The van der Waals surface area contributed by atoms with Gasteiger partial charge >= 0.3 is 19.5 Å².